The molecule has 2 atom stereocenters. The zero-order chi connectivity index (χ0) is 18.3. The summed E-state index contributed by atoms with van der Waals surface area (Å²) in [4.78, 5) is 7.48. The molecule has 1 saturated heterocycles. The van der Waals surface area contributed by atoms with Crippen LogP contribution in [0.2, 0.25) is 5.02 Å². The lowest BCUT2D eigenvalue weighted by Gasteiger charge is -2.24. The molecule has 3 aromatic rings. The smallest absolute Gasteiger partial charge is 0.157 e. The third-order valence-corrected chi connectivity index (χ3v) is 5.87. The molecular weight excluding hydrogens is 344 g/mol. The average Bonchev–Trinajstić information content (AvgIpc) is 3.01. The van der Waals surface area contributed by atoms with Crippen LogP contribution in [-0.4, -0.2) is 27.9 Å². The molecule has 4 nitrogen and oxygen atoms in total. The summed E-state index contributed by atoms with van der Waals surface area (Å²) in [7, 11) is 1.97. The molecule has 2 aromatic heterocycles. The number of hydrogen-bond donors (Lipinski definition) is 0. The number of fused-ring (bicyclic) bond motifs is 3. The van der Waals surface area contributed by atoms with Gasteiger partial charge in [0.2, 0.25) is 0 Å². The van der Waals surface area contributed by atoms with E-state index in [4.69, 9.17) is 21.7 Å². The summed E-state index contributed by atoms with van der Waals surface area (Å²) in [6.45, 7) is 6.87. The Labute approximate surface area is 160 Å². The monoisotopic (exact) mass is 370 g/mol. The highest BCUT2D eigenvalue weighted by atomic mass is 35.5. The molecule has 0 amide bonds. The molecule has 138 valence electrons. The van der Waals surface area contributed by atoms with E-state index in [0.29, 0.717) is 0 Å². The predicted molar refractivity (Wildman–Crippen MR) is 110 cm³/mol. The van der Waals surface area contributed by atoms with Crippen molar-refractivity contribution in [2.24, 2.45) is 18.9 Å². The molecule has 4 rings (SSSR count). The van der Waals surface area contributed by atoms with Gasteiger partial charge in [0.15, 0.2) is 5.82 Å². The molecule has 0 saturated carbocycles. The first kappa shape index (κ1) is 17.6. The van der Waals surface area contributed by atoms with Gasteiger partial charge in [0.1, 0.15) is 5.52 Å². The summed E-state index contributed by atoms with van der Waals surface area (Å²) in [6.07, 6.45) is 7.12. The van der Waals surface area contributed by atoms with Crippen LogP contribution < -0.4 is 4.90 Å². The second-order valence-corrected chi connectivity index (χ2v) is 8.46. The standard InChI is InChI=1S/C21H27ClN4/c1-14-5-4-9-26(10-8-15(2)11-14)21-20-18(13-25(3)24-20)17-12-16(22)6-7-19(17)23-21/h6-7,12-15H,4-5,8-11H2,1-3H3. The Morgan fingerprint density at radius 3 is 2.73 bits per heavy atom. The molecule has 2 unspecified atom stereocenters. The minimum absolute atomic E-state index is 0.739. The lowest BCUT2D eigenvalue weighted by molar-refractivity contribution is 0.389. The third-order valence-electron chi connectivity index (χ3n) is 5.64. The van der Waals surface area contributed by atoms with Gasteiger partial charge in [-0.2, -0.15) is 5.10 Å². The summed E-state index contributed by atoms with van der Waals surface area (Å²) in [5, 5.41) is 7.70. The second kappa shape index (κ2) is 7.07. The van der Waals surface area contributed by atoms with Crippen LogP contribution in [-0.2, 0) is 7.05 Å². The molecule has 1 aliphatic heterocycles. The summed E-state index contributed by atoms with van der Waals surface area (Å²) in [5.41, 5.74) is 1.98. The Kier molecular flexibility index (Phi) is 4.78. The maximum atomic E-state index is 6.24. The zero-order valence-corrected chi connectivity index (χ0v) is 16.6. The van der Waals surface area contributed by atoms with E-state index in [1.807, 2.05) is 29.9 Å². The lowest BCUT2D eigenvalue weighted by Crippen LogP contribution is -2.27. The van der Waals surface area contributed by atoms with Gasteiger partial charge in [0, 0.05) is 42.1 Å². The number of aryl methyl sites for hydroxylation is 1. The molecule has 0 bridgehead atoms. The quantitative estimate of drug-likeness (QED) is 0.573. The van der Waals surface area contributed by atoms with E-state index in [1.54, 1.807) is 0 Å². The van der Waals surface area contributed by atoms with Crippen LogP contribution in [0.1, 0.15) is 39.5 Å². The first-order valence-corrected chi connectivity index (χ1v) is 10.1. The maximum Gasteiger partial charge on any atom is 0.157 e. The fourth-order valence-corrected chi connectivity index (χ4v) is 4.48. The number of hydrogen-bond acceptors (Lipinski definition) is 3. The highest BCUT2D eigenvalue weighted by Crippen LogP contribution is 2.33. The van der Waals surface area contributed by atoms with Crippen molar-refractivity contribution in [1.82, 2.24) is 14.8 Å². The van der Waals surface area contributed by atoms with Crippen LogP contribution >= 0.6 is 11.6 Å². The van der Waals surface area contributed by atoms with E-state index in [1.165, 1.54) is 25.7 Å². The van der Waals surface area contributed by atoms with E-state index in [9.17, 15) is 0 Å². The average molecular weight is 371 g/mol. The van der Waals surface area contributed by atoms with Crippen molar-refractivity contribution in [3.63, 3.8) is 0 Å². The van der Waals surface area contributed by atoms with Gasteiger partial charge in [-0.25, -0.2) is 4.98 Å². The minimum Gasteiger partial charge on any atom is -0.355 e. The van der Waals surface area contributed by atoms with Gasteiger partial charge in [-0.3, -0.25) is 4.68 Å². The van der Waals surface area contributed by atoms with Crippen LogP contribution in [0.4, 0.5) is 5.82 Å². The van der Waals surface area contributed by atoms with Crippen LogP contribution in [0.15, 0.2) is 24.4 Å². The van der Waals surface area contributed by atoms with Gasteiger partial charge in [-0.1, -0.05) is 25.4 Å². The Morgan fingerprint density at radius 1 is 1.08 bits per heavy atom. The molecule has 26 heavy (non-hydrogen) atoms. The van der Waals surface area contributed by atoms with Crippen molar-refractivity contribution >= 4 is 39.2 Å². The van der Waals surface area contributed by atoms with Gasteiger partial charge in [-0.05, 0) is 55.7 Å². The number of benzene rings is 1. The van der Waals surface area contributed by atoms with Gasteiger partial charge in [0.05, 0.1) is 5.52 Å². The second-order valence-electron chi connectivity index (χ2n) is 8.03. The van der Waals surface area contributed by atoms with E-state index in [0.717, 1.165) is 57.6 Å². The molecule has 0 N–H and O–H groups in total. The molecule has 3 heterocycles. The number of aromatic nitrogens is 3. The van der Waals surface area contributed by atoms with Crippen LogP contribution in [0.5, 0.6) is 0 Å². The molecule has 1 aromatic carbocycles. The van der Waals surface area contributed by atoms with E-state index >= 15 is 0 Å². The molecular formula is C21H27ClN4. The third kappa shape index (κ3) is 3.39. The molecule has 5 heteroatoms. The number of rotatable bonds is 1. The highest BCUT2D eigenvalue weighted by molar-refractivity contribution is 6.31. The van der Waals surface area contributed by atoms with Crippen molar-refractivity contribution in [2.75, 3.05) is 18.0 Å². The first-order valence-electron chi connectivity index (χ1n) is 9.69. The van der Waals surface area contributed by atoms with Crippen molar-refractivity contribution in [3.8, 4) is 0 Å². The predicted octanol–water partition coefficient (Wildman–Crippen LogP) is 5.43. The van der Waals surface area contributed by atoms with Gasteiger partial charge >= 0.3 is 0 Å². The maximum absolute atomic E-state index is 6.24. The summed E-state index contributed by atoms with van der Waals surface area (Å²) in [6, 6.07) is 5.94. The normalized spacial score (nSPS) is 22.4. The fourth-order valence-electron chi connectivity index (χ4n) is 4.31. The topological polar surface area (TPSA) is 34.0 Å². The Morgan fingerprint density at radius 2 is 1.88 bits per heavy atom. The molecule has 0 aliphatic carbocycles. The van der Waals surface area contributed by atoms with Gasteiger partial charge < -0.3 is 4.90 Å². The number of pyridine rings is 1. The van der Waals surface area contributed by atoms with E-state index in [-0.39, 0.29) is 0 Å². The Bertz CT molecular complexity index is 933. The Hall–Kier alpha value is -1.81. The summed E-state index contributed by atoms with van der Waals surface area (Å²) < 4.78 is 1.89. The largest absolute Gasteiger partial charge is 0.355 e. The SMILES string of the molecule is CC1CCCN(c2nc3ccc(Cl)cc3c3cn(C)nc23)CCC(C)C1. The van der Waals surface area contributed by atoms with Crippen molar-refractivity contribution in [3.05, 3.63) is 29.4 Å². The molecule has 0 radical (unpaired) electrons. The summed E-state index contributed by atoms with van der Waals surface area (Å²) >= 11 is 6.24. The van der Waals surface area contributed by atoms with Crippen LogP contribution in [0.25, 0.3) is 21.8 Å². The zero-order valence-electron chi connectivity index (χ0n) is 15.9. The number of halogens is 1. The first-order chi connectivity index (χ1) is 12.5. The molecule has 0 spiro atoms. The van der Waals surface area contributed by atoms with E-state index < -0.39 is 0 Å². The van der Waals surface area contributed by atoms with Crippen LogP contribution in [0.3, 0.4) is 0 Å². The van der Waals surface area contributed by atoms with Crippen molar-refractivity contribution in [1.29, 1.82) is 0 Å². The van der Waals surface area contributed by atoms with E-state index in [2.05, 4.69) is 24.9 Å². The molecule has 1 aliphatic rings. The van der Waals surface area contributed by atoms with Gasteiger partial charge in [-0.15, -0.1) is 0 Å². The minimum atomic E-state index is 0.739. The van der Waals surface area contributed by atoms with Gasteiger partial charge in [0.25, 0.3) is 0 Å². The Balaban J connectivity index is 1.82. The molecule has 1 fully saturated rings. The lowest BCUT2D eigenvalue weighted by atomic mass is 9.92. The fraction of sp³-hybridized carbons (Fsp3) is 0.524. The van der Waals surface area contributed by atoms with Crippen molar-refractivity contribution in [2.45, 2.75) is 39.5 Å². The highest BCUT2D eigenvalue weighted by Gasteiger charge is 2.20. The number of nitrogens with zero attached hydrogens (tertiary/aromatic N) is 4. The van der Waals surface area contributed by atoms with Crippen LogP contribution in [0, 0.1) is 11.8 Å². The number of anilines is 1. The van der Waals surface area contributed by atoms with Crippen molar-refractivity contribution < 1.29 is 0 Å². The summed E-state index contributed by atoms with van der Waals surface area (Å²) in [5.74, 6) is 2.59.